The molecule has 4 heteroatoms. The maximum atomic E-state index is 10.7. The molecule has 0 amide bonds. The maximum Gasteiger partial charge on any atom is 0.406 e. The molecule has 0 atom stereocenters. The van der Waals surface area contributed by atoms with Crippen LogP contribution >= 0.6 is 0 Å². The van der Waals surface area contributed by atoms with E-state index in [1.165, 1.54) is 82.8 Å². The van der Waals surface area contributed by atoms with Gasteiger partial charge in [0.1, 0.15) is 0 Å². The molecular formula is C20H34O4. The average molecular weight is 338 g/mol. The lowest BCUT2D eigenvalue weighted by Gasteiger charge is -2.01. The summed E-state index contributed by atoms with van der Waals surface area (Å²) in [7, 11) is 0. The van der Waals surface area contributed by atoms with Crippen molar-refractivity contribution in [2.24, 2.45) is 0 Å². The van der Waals surface area contributed by atoms with E-state index in [-0.39, 0.29) is 0 Å². The van der Waals surface area contributed by atoms with Gasteiger partial charge < -0.3 is 5.11 Å². The fourth-order valence-corrected chi connectivity index (χ4v) is 2.43. The summed E-state index contributed by atoms with van der Waals surface area (Å²) >= 11 is 0. The second kappa shape index (κ2) is 17.8. The van der Waals surface area contributed by atoms with E-state index >= 15 is 0 Å². The number of unbranched alkanes of at least 4 members (excludes halogenated alkanes) is 11. The zero-order valence-electron chi connectivity index (χ0n) is 15.1. The van der Waals surface area contributed by atoms with Gasteiger partial charge in [0.05, 0.1) is 0 Å². The molecule has 0 heterocycles. The van der Waals surface area contributed by atoms with Crippen LogP contribution in [0.2, 0.25) is 0 Å². The molecule has 24 heavy (non-hydrogen) atoms. The van der Waals surface area contributed by atoms with Crippen molar-refractivity contribution in [3.63, 3.8) is 0 Å². The van der Waals surface area contributed by atoms with Crippen molar-refractivity contribution in [3.05, 3.63) is 36.1 Å². The zero-order valence-corrected chi connectivity index (χ0v) is 15.1. The molecule has 2 N–H and O–H groups in total. The van der Waals surface area contributed by atoms with Gasteiger partial charge in [0.2, 0.25) is 5.76 Å². The quantitative estimate of drug-likeness (QED) is 0.0923. The zero-order chi connectivity index (χ0) is 17.9. The highest BCUT2D eigenvalue weighted by atomic mass is 17.1. The van der Waals surface area contributed by atoms with Gasteiger partial charge in [0.15, 0.2) is 0 Å². The minimum absolute atomic E-state index is 0.632. The van der Waals surface area contributed by atoms with Crippen molar-refractivity contribution in [2.75, 3.05) is 0 Å². The lowest BCUT2D eigenvalue weighted by molar-refractivity contribution is -0.232. The Morgan fingerprint density at radius 3 is 1.92 bits per heavy atom. The molecule has 0 unspecified atom stereocenters. The Kier molecular flexibility index (Phi) is 16.6. The summed E-state index contributed by atoms with van der Waals surface area (Å²) in [4.78, 5) is 14.0. The molecule has 0 saturated heterocycles. The first-order valence-electron chi connectivity index (χ1n) is 9.30. The summed E-state index contributed by atoms with van der Waals surface area (Å²) in [6, 6.07) is 0. The van der Waals surface area contributed by atoms with E-state index in [0.717, 1.165) is 6.42 Å². The Hall–Kier alpha value is -1.55. The molecular weight excluding hydrogens is 304 g/mol. The lowest BCUT2D eigenvalue weighted by Crippen LogP contribution is -2.03. The summed E-state index contributed by atoms with van der Waals surface area (Å²) < 4.78 is 0. The molecule has 0 aliphatic heterocycles. The van der Waals surface area contributed by atoms with Gasteiger partial charge >= 0.3 is 5.97 Å². The summed E-state index contributed by atoms with van der Waals surface area (Å²) in [6.07, 6.45) is 24.2. The van der Waals surface area contributed by atoms with Crippen LogP contribution in [-0.2, 0) is 9.68 Å². The first kappa shape index (κ1) is 22.4. The van der Waals surface area contributed by atoms with E-state index in [0.29, 0.717) is 0 Å². The van der Waals surface area contributed by atoms with E-state index < -0.39 is 11.7 Å². The van der Waals surface area contributed by atoms with Crippen LogP contribution in [0.3, 0.4) is 0 Å². The predicted octanol–water partition coefficient (Wildman–Crippen LogP) is 6.26. The van der Waals surface area contributed by atoms with Crippen LogP contribution in [-0.4, -0.2) is 16.3 Å². The molecule has 0 saturated carbocycles. The summed E-state index contributed by atoms with van der Waals surface area (Å²) in [5.41, 5.74) is 0. The number of hydrogen-bond donors (Lipinski definition) is 2. The van der Waals surface area contributed by atoms with Crippen LogP contribution < -0.4 is 0 Å². The van der Waals surface area contributed by atoms with Gasteiger partial charge in [-0.2, -0.15) is 5.26 Å². The summed E-state index contributed by atoms with van der Waals surface area (Å²) in [5, 5.41) is 17.1. The third-order valence-corrected chi connectivity index (χ3v) is 3.88. The SMILES string of the molecule is CCCCCCCCCCCCCC=CC=CC=C(O)C(=O)OO. The molecule has 0 aliphatic carbocycles. The molecule has 0 radical (unpaired) electrons. The second-order valence-corrected chi connectivity index (χ2v) is 6.07. The monoisotopic (exact) mass is 338 g/mol. The third kappa shape index (κ3) is 15.3. The largest absolute Gasteiger partial charge is 0.502 e. The van der Waals surface area contributed by atoms with Crippen molar-refractivity contribution < 1.29 is 20.0 Å². The summed E-state index contributed by atoms with van der Waals surface area (Å²) in [6.45, 7) is 2.25. The minimum Gasteiger partial charge on any atom is -0.502 e. The Bertz CT molecular complexity index is 383. The number of hydrogen-bond acceptors (Lipinski definition) is 4. The molecule has 138 valence electrons. The van der Waals surface area contributed by atoms with Gasteiger partial charge in [0, 0.05) is 0 Å². The lowest BCUT2D eigenvalue weighted by atomic mass is 10.1. The van der Waals surface area contributed by atoms with Gasteiger partial charge in [0.25, 0.3) is 0 Å². The van der Waals surface area contributed by atoms with Crippen molar-refractivity contribution in [2.45, 2.75) is 84.0 Å². The first-order valence-corrected chi connectivity index (χ1v) is 9.30. The van der Waals surface area contributed by atoms with Gasteiger partial charge in [-0.15, -0.1) is 0 Å². The topological polar surface area (TPSA) is 66.8 Å². The standard InChI is InChI=1S/C20H34O4/c1-2-3-4-5-6-7-8-9-10-11-12-13-14-15-16-17-18-19(21)20(22)24-23/h14-18,21,23H,2-13H2,1H3. The van der Waals surface area contributed by atoms with Crippen molar-refractivity contribution in [1.29, 1.82) is 0 Å². The van der Waals surface area contributed by atoms with E-state index in [1.54, 1.807) is 6.08 Å². The Morgan fingerprint density at radius 2 is 1.38 bits per heavy atom. The van der Waals surface area contributed by atoms with Crippen LogP contribution in [0.15, 0.2) is 36.1 Å². The summed E-state index contributed by atoms with van der Waals surface area (Å²) in [5.74, 6) is -1.79. The van der Waals surface area contributed by atoms with Gasteiger partial charge in [-0.25, -0.2) is 4.79 Å². The maximum absolute atomic E-state index is 10.7. The number of carbonyl (C=O) groups excluding carboxylic acids is 1. The normalized spacial score (nSPS) is 12.3. The van der Waals surface area contributed by atoms with Crippen molar-refractivity contribution in [3.8, 4) is 0 Å². The highest BCUT2D eigenvalue weighted by Crippen LogP contribution is 2.12. The van der Waals surface area contributed by atoms with E-state index in [9.17, 15) is 4.79 Å². The van der Waals surface area contributed by atoms with Crippen LogP contribution in [0.5, 0.6) is 0 Å². The van der Waals surface area contributed by atoms with Crippen molar-refractivity contribution in [1.82, 2.24) is 0 Å². The number of aliphatic hydroxyl groups is 1. The fraction of sp³-hybridized carbons (Fsp3) is 0.650. The molecule has 0 spiro atoms. The number of allylic oxidation sites excluding steroid dienone is 5. The van der Waals surface area contributed by atoms with Gasteiger partial charge in [-0.05, 0) is 18.9 Å². The molecule has 0 rings (SSSR count). The van der Waals surface area contributed by atoms with E-state index in [4.69, 9.17) is 10.4 Å². The second-order valence-electron chi connectivity index (χ2n) is 6.07. The Labute approximate surface area is 146 Å². The smallest absolute Gasteiger partial charge is 0.406 e. The highest BCUT2D eigenvalue weighted by molar-refractivity contribution is 5.85. The first-order chi connectivity index (χ1) is 11.7. The molecule has 0 fully saturated rings. The number of rotatable bonds is 15. The number of aliphatic hydroxyl groups excluding tert-OH is 1. The van der Waals surface area contributed by atoms with Crippen LogP contribution in [0.4, 0.5) is 0 Å². The third-order valence-electron chi connectivity index (χ3n) is 3.88. The highest BCUT2D eigenvalue weighted by Gasteiger charge is 2.05. The Morgan fingerprint density at radius 1 is 0.833 bits per heavy atom. The van der Waals surface area contributed by atoms with E-state index in [1.807, 2.05) is 6.08 Å². The van der Waals surface area contributed by atoms with Crippen molar-refractivity contribution >= 4 is 5.97 Å². The fourth-order valence-electron chi connectivity index (χ4n) is 2.43. The molecule has 0 aromatic carbocycles. The van der Waals surface area contributed by atoms with E-state index in [2.05, 4.69) is 17.9 Å². The predicted molar refractivity (Wildman–Crippen MR) is 98.8 cm³/mol. The number of carbonyl (C=O) groups is 1. The molecule has 0 aromatic rings. The van der Waals surface area contributed by atoms with Gasteiger partial charge in [-0.1, -0.05) is 95.4 Å². The molecule has 4 nitrogen and oxygen atoms in total. The average Bonchev–Trinajstić information content (AvgIpc) is 2.60. The molecule has 0 aromatic heterocycles. The minimum atomic E-state index is -1.16. The van der Waals surface area contributed by atoms with Crippen LogP contribution in [0.25, 0.3) is 0 Å². The Balaban J connectivity index is 3.39. The van der Waals surface area contributed by atoms with Crippen LogP contribution in [0.1, 0.15) is 84.0 Å². The molecule has 0 bridgehead atoms. The van der Waals surface area contributed by atoms with Gasteiger partial charge in [-0.3, -0.25) is 4.89 Å². The molecule has 0 aliphatic rings. The van der Waals surface area contributed by atoms with Crippen LogP contribution in [0, 0.1) is 0 Å².